The molecule has 0 atom stereocenters. The van der Waals surface area contributed by atoms with E-state index < -0.39 is 0 Å². The van der Waals surface area contributed by atoms with Crippen LogP contribution in [0.1, 0.15) is 11.1 Å². The van der Waals surface area contributed by atoms with Crippen molar-refractivity contribution in [1.82, 2.24) is 9.55 Å². The molecule has 0 aliphatic carbocycles. The van der Waals surface area contributed by atoms with E-state index in [0.717, 1.165) is 27.7 Å². The van der Waals surface area contributed by atoms with Gasteiger partial charge in [0.1, 0.15) is 5.82 Å². The molecule has 2 aromatic carbocycles. The SMILES string of the molecule is C=CCn1c(-c2ccc(C)cc2)cnc1SCc1ccc(F)cc1. The first-order chi connectivity index (χ1) is 11.7. The number of benzene rings is 2. The Morgan fingerprint density at radius 1 is 1.12 bits per heavy atom. The Hall–Kier alpha value is -2.33. The molecule has 0 radical (unpaired) electrons. The van der Waals surface area contributed by atoms with E-state index in [0.29, 0.717) is 6.54 Å². The summed E-state index contributed by atoms with van der Waals surface area (Å²) in [5.74, 6) is 0.542. The molecule has 122 valence electrons. The van der Waals surface area contributed by atoms with Crippen molar-refractivity contribution in [2.75, 3.05) is 0 Å². The van der Waals surface area contributed by atoms with Gasteiger partial charge in [-0.25, -0.2) is 9.37 Å². The van der Waals surface area contributed by atoms with Crippen LogP contribution in [0.2, 0.25) is 0 Å². The van der Waals surface area contributed by atoms with Crippen LogP contribution in [0.3, 0.4) is 0 Å². The van der Waals surface area contributed by atoms with Crippen LogP contribution >= 0.6 is 11.8 Å². The number of allylic oxidation sites excluding steroid dienone is 1. The van der Waals surface area contributed by atoms with E-state index in [1.165, 1.54) is 17.7 Å². The maximum atomic E-state index is 13.0. The molecular formula is C20H19FN2S. The van der Waals surface area contributed by atoms with Gasteiger partial charge in [-0.1, -0.05) is 59.8 Å². The van der Waals surface area contributed by atoms with Gasteiger partial charge in [-0.15, -0.1) is 6.58 Å². The molecule has 3 rings (SSSR count). The van der Waals surface area contributed by atoms with Crippen LogP contribution in [0, 0.1) is 12.7 Å². The number of rotatable bonds is 6. The summed E-state index contributed by atoms with van der Waals surface area (Å²) < 4.78 is 15.2. The minimum absolute atomic E-state index is 0.210. The zero-order chi connectivity index (χ0) is 16.9. The molecule has 2 nitrogen and oxygen atoms in total. The minimum Gasteiger partial charge on any atom is -0.315 e. The predicted octanol–water partition coefficient (Wildman–Crippen LogP) is 5.48. The highest BCUT2D eigenvalue weighted by molar-refractivity contribution is 7.98. The number of hydrogen-bond donors (Lipinski definition) is 0. The van der Waals surface area contributed by atoms with Gasteiger partial charge in [0.2, 0.25) is 0 Å². The average Bonchev–Trinajstić information content (AvgIpc) is 2.98. The summed E-state index contributed by atoms with van der Waals surface area (Å²) in [6.45, 7) is 6.64. The van der Waals surface area contributed by atoms with Crippen molar-refractivity contribution < 1.29 is 4.39 Å². The fourth-order valence-corrected chi connectivity index (χ4v) is 3.41. The first-order valence-electron chi connectivity index (χ1n) is 7.78. The molecule has 0 fully saturated rings. The second-order valence-electron chi connectivity index (χ2n) is 5.61. The van der Waals surface area contributed by atoms with Gasteiger partial charge in [-0.2, -0.15) is 0 Å². The van der Waals surface area contributed by atoms with Gasteiger partial charge in [0.25, 0.3) is 0 Å². The van der Waals surface area contributed by atoms with Crippen molar-refractivity contribution in [3.05, 3.63) is 84.3 Å². The summed E-state index contributed by atoms with van der Waals surface area (Å²) in [5.41, 5.74) is 4.53. The molecule has 0 saturated carbocycles. The fraction of sp³-hybridized carbons (Fsp3) is 0.150. The molecule has 4 heteroatoms. The van der Waals surface area contributed by atoms with Gasteiger partial charge < -0.3 is 4.57 Å². The average molecular weight is 338 g/mol. The van der Waals surface area contributed by atoms with Gasteiger partial charge in [0.15, 0.2) is 5.16 Å². The van der Waals surface area contributed by atoms with Crippen LogP contribution in [0.25, 0.3) is 11.3 Å². The number of nitrogens with zero attached hydrogens (tertiary/aromatic N) is 2. The maximum absolute atomic E-state index is 13.0. The highest BCUT2D eigenvalue weighted by Crippen LogP contribution is 2.28. The summed E-state index contributed by atoms with van der Waals surface area (Å²) in [4.78, 5) is 4.57. The molecule has 0 amide bonds. The number of imidazole rings is 1. The van der Waals surface area contributed by atoms with Crippen molar-refractivity contribution in [1.29, 1.82) is 0 Å². The van der Waals surface area contributed by atoms with Crippen molar-refractivity contribution >= 4 is 11.8 Å². The van der Waals surface area contributed by atoms with Crippen LogP contribution in [0.5, 0.6) is 0 Å². The van der Waals surface area contributed by atoms with E-state index in [4.69, 9.17) is 0 Å². The smallest absolute Gasteiger partial charge is 0.169 e. The lowest BCUT2D eigenvalue weighted by atomic mass is 10.1. The number of aryl methyl sites for hydroxylation is 1. The Balaban J connectivity index is 1.84. The minimum atomic E-state index is -0.210. The third-order valence-corrected chi connectivity index (χ3v) is 4.82. The van der Waals surface area contributed by atoms with Gasteiger partial charge in [0.05, 0.1) is 11.9 Å². The summed E-state index contributed by atoms with van der Waals surface area (Å²) in [7, 11) is 0. The van der Waals surface area contributed by atoms with E-state index in [9.17, 15) is 4.39 Å². The summed E-state index contributed by atoms with van der Waals surface area (Å²) in [5, 5.41) is 0.940. The Kier molecular flexibility index (Phi) is 5.16. The lowest BCUT2D eigenvalue weighted by Gasteiger charge is -2.10. The van der Waals surface area contributed by atoms with E-state index in [-0.39, 0.29) is 5.82 Å². The van der Waals surface area contributed by atoms with Crippen molar-refractivity contribution in [3.8, 4) is 11.3 Å². The quantitative estimate of drug-likeness (QED) is 0.438. The van der Waals surface area contributed by atoms with Gasteiger partial charge in [-0.05, 0) is 30.2 Å². The molecular weight excluding hydrogens is 319 g/mol. The molecule has 0 aliphatic heterocycles. The second-order valence-corrected chi connectivity index (χ2v) is 6.55. The lowest BCUT2D eigenvalue weighted by Crippen LogP contribution is -2.00. The predicted molar refractivity (Wildman–Crippen MR) is 98.6 cm³/mol. The fourth-order valence-electron chi connectivity index (χ4n) is 2.46. The summed E-state index contributed by atoms with van der Waals surface area (Å²) in [6, 6.07) is 15.0. The Morgan fingerprint density at radius 2 is 1.83 bits per heavy atom. The summed E-state index contributed by atoms with van der Waals surface area (Å²) in [6.07, 6.45) is 3.78. The number of hydrogen-bond acceptors (Lipinski definition) is 2. The molecule has 0 unspecified atom stereocenters. The molecule has 1 heterocycles. The molecule has 1 aromatic heterocycles. The standard InChI is InChI=1S/C20H19FN2S/c1-3-12-23-19(17-8-4-15(2)5-9-17)13-22-20(23)24-14-16-6-10-18(21)11-7-16/h3-11,13H,1,12,14H2,2H3. The zero-order valence-corrected chi connectivity index (χ0v) is 14.4. The number of thioether (sulfide) groups is 1. The molecule has 0 N–H and O–H groups in total. The number of aromatic nitrogens is 2. The number of halogens is 1. The van der Waals surface area contributed by atoms with Crippen LogP contribution in [-0.2, 0) is 12.3 Å². The van der Waals surface area contributed by atoms with E-state index in [1.807, 2.05) is 24.4 Å². The van der Waals surface area contributed by atoms with Crippen LogP contribution in [-0.4, -0.2) is 9.55 Å². The van der Waals surface area contributed by atoms with E-state index >= 15 is 0 Å². The zero-order valence-electron chi connectivity index (χ0n) is 13.6. The summed E-state index contributed by atoms with van der Waals surface area (Å²) >= 11 is 1.65. The molecule has 3 aromatic rings. The van der Waals surface area contributed by atoms with Crippen molar-refractivity contribution in [2.24, 2.45) is 0 Å². The van der Waals surface area contributed by atoms with Gasteiger partial charge in [-0.3, -0.25) is 0 Å². The normalized spacial score (nSPS) is 10.8. The molecule has 0 saturated heterocycles. The van der Waals surface area contributed by atoms with Gasteiger partial charge in [0, 0.05) is 12.3 Å². The van der Waals surface area contributed by atoms with Gasteiger partial charge >= 0.3 is 0 Å². The van der Waals surface area contributed by atoms with E-state index in [2.05, 4.69) is 47.3 Å². The molecule has 24 heavy (non-hydrogen) atoms. The monoisotopic (exact) mass is 338 g/mol. The van der Waals surface area contributed by atoms with E-state index in [1.54, 1.807) is 11.8 Å². The van der Waals surface area contributed by atoms with Crippen LogP contribution in [0.4, 0.5) is 4.39 Å². The van der Waals surface area contributed by atoms with Crippen molar-refractivity contribution in [3.63, 3.8) is 0 Å². The van der Waals surface area contributed by atoms with Crippen LogP contribution in [0.15, 0.2) is 72.5 Å². The third-order valence-electron chi connectivity index (χ3n) is 3.76. The second kappa shape index (κ2) is 7.49. The first-order valence-corrected chi connectivity index (χ1v) is 8.76. The Bertz CT molecular complexity index is 820. The molecule has 0 aliphatic rings. The van der Waals surface area contributed by atoms with Crippen molar-refractivity contribution in [2.45, 2.75) is 24.4 Å². The molecule has 0 bridgehead atoms. The highest BCUT2D eigenvalue weighted by atomic mass is 32.2. The third kappa shape index (κ3) is 3.77. The van der Waals surface area contributed by atoms with Crippen LogP contribution < -0.4 is 0 Å². The molecule has 0 spiro atoms. The Labute approximate surface area is 146 Å². The lowest BCUT2D eigenvalue weighted by molar-refractivity contribution is 0.627. The topological polar surface area (TPSA) is 17.8 Å². The maximum Gasteiger partial charge on any atom is 0.169 e. The largest absolute Gasteiger partial charge is 0.315 e. The Morgan fingerprint density at radius 3 is 2.50 bits per heavy atom. The highest BCUT2D eigenvalue weighted by Gasteiger charge is 2.11. The first kappa shape index (κ1) is 16.5.